The van der Waals surface area contributed by atoms with Crippen molar-refractivity contribution in [2.75, 3.05) is 0 Å². The predicted octanol–water partition coefficient (Wildman–Crippen LogP) is 2.52. The topological polar surface area (TPSA) is 50.2 Å². The molecule has 3 nitrogen and oxygen atoms in total. The largest absolute Gasteiger partial charge is 0.481 e. The van der Waals surface area contributed by atoms with Crippen LogP contribution in [0.2, 0.25) is 0 Å². The fourth-order valence-electron chi connectivity index (χ4n) is 1.18. The van der Waals surface area contributed by atoms with E-state index in [1.807, 2.05) is 0 Å². The molecule has 16 heavy (non-hydrogen) atoms. The van der Waals surface area contributed by atoms with E-state index in [9.17, 15) is 18.0 Å². The van der Waals surface area contributed by atoms with Gasteiger partial charge in [-0.2, -0.15) is 4.39 Å². The molecular weight excluding hydrogens is 247 g/mol. The summed E-state index contributed by atoms with van der Waals surface area (Å²) in [7, 11) is 0. The highest BCUT2D eigenvalue weighted by molar-refractivity contribution is 6.17. The minimum absolute atomic E-state index is 0.0951. The molecule has 0 amide bonds. The Kier molecular flexibility index (Phi) is 4.12. The molecule has 0 aliphatic rings. The standard InChI is InChI=1S/C9H7ClF3NO2/c10-3-5-1-4(2-6(15)16)7(8(11)12)14-9(5)13/h1,8H,2-3H2,(H,15,16). The van der Waals surface area contributed by atoms with Crippen LogP contribution in [0.1, 0.15) is 23.2 Å². The van der Waals surface area contributed by atoms with Gasteiger partial charge in [0, 0.05) is 5.56 Å². The Morgan fingerprint density at radius 3 is 2.56 bits per heavy atom. The minimum Gasteiger partial charge on any atom is -0.481 e. The highest BCUT2D eigenvalue weighted by atomic mass is 35.5. The number of carbonyl (C=O) groups is 1. The van der Waals surface area contributed by atoms with Crippen LogP contribution in [0.5, 0.6) is 0 Å². The zero-order chi connectivity index (χ0) is 12.3. The molecular formula is C9H7ClF3NO2. The monoisotopic (exact) mass is 253 g/mol. The molecule has 0 bridgehead atoms. The second kappa shape index (κ2) is 5.16. The van der Waals surface area contributed by atoms with Gasteiger partial charge in [-0.1, -0.05) is 0 Å². The molecule has 0 spiro atoms. The molecule has 7 heteroatoms. The molecule has 0 saturated carbocycles. The van der Waals surface area contributed by atoms with E-state index in [1.165, 1.54) is 0 Å². The van der Waals surface area contributed by atoms with Crippen molar-refractivity contribution in [3.8, 4) is 0 Å². The normalized spacial score (nSPS) is 10.8. The van der Waals surface area contributed by atoms with Crippen LogP contribution in [-0.4, -0.2) is 16.1 Å². The summed E-state index contributed by atoms with van der Waals surface area (Å²) in [5.74, 6) is -2.65. The number of rotatable bonds is 4. The lowest BCUT2D eigenvalue weighted by Crippen LogP contribution is -2.09. The van der Waals surface area contributed by atoms with Crippen molar-refractivity contribution in [3.63, 3.8) is 0 Å². The summed E-state index contributed by atoms with van der Waals surface area (Å²) in [6.07, 6.45) is -3.66. The first-order chi connectivity index (χ1) is 7.45. The summed E-state index contributed by atoms with van der Waals surface area (Å²) in [5, 5.41) is 8.51. The molecule has 1 aromatic heterocycles. The van der Waals surface area contributed by atoms with E-state index >= 15 is 0 Å². The fourth-order valence-corrected chi connectivity index (χ4v) is 1.37. The number of hydrogen-bond acceptors (Lipinski definition) is 2. The smallest absolute Gasteiger partial charge is 0.307 e. The van der Waals surface area contributed by atoms with Crippen molar-refractivity contribution in [3.05, 3.63) is 28.8 Å². The van der Waals surface area contributed by atoms with Crippen molar-refractivity contribution < 1.29 is 23.1 Å². The molecule has 1 aromatic rings. The first-order valence-electron chi connectivity index (χ1n) is 4.19. The summed E-state index contributed by atoms with van der Waals surface area (Å²) in [6, 6.07) is 1.00. The Morgan fingerprint density at radius 1 is 1.50 bits per heavy atom. The van der Waals surface area contributed by atoms with Gasteiger partial charge in [0.1, 0.15) is 5.69 Å². The van der Waals surface area contributed by atoms with Gasteiger partial charge in [0.05, 0.1) is 12.3 Å². The lowest BCUT2D eigenvalue weighted by molar-refractivity contribution is -0.136. The third-order valence-corrected chi connectivity index (χ3v) is 2.14. The van der Waals surface area contributed by atoms with Gasteiger partial charge in [0.2, 0.25) is 5.95 Å². The molecule has 0 atom stereocenters. The SMILES string of the molecule is O=C(O)Cc1cc(CCl)c(F)nc1C(F)F. The fraction of sp³-hybridized carbons (Fsp3) is 0.333. The lowest BCUT2D eigenvalue weighted by atomic mass is 10.1. The van der Waals surface area contributed by atoms with Gasteiger partial charge in [-0.25, -0.2) is 13.8 Å². The van der Waals surface area contributed by atoms with E-state index in [0.717, 1.165) is 6.07 Å². The molecule has 88 valence electrons. The number of alkyl halides is 3. The molecule has 0 aromatic carbocycles. The van der Waals surface area contributed by atoms with Gasteiger partial charge in [-0.05, 0) is 11.6 Å². The molecule has 1 heterocycles. The first-order valence-corrected chi connectivity index (χ1v) is 4.73. The number of nitrogens with zero attached hydrogens (tertiary/aromatic N) is 1. The van der Waals surface area contributed by atoms with Crippen molar-refractivity contribution in [1.82, 2.24) is 4.98 Å². The number of pyridine rings is 1. The molecule has 1 rings (SSSR count). The van der Waals surface area contributed by atoms with Gasteiger partial charge < -0.3 is 5.11 Å². The zero-order valence-electron chi connectivity index (χ0n) is 7.88. The molecule has 0 aliphatic carbocycles. The lowest BCUT2D eigenvalue weighted by Gasteiger charge is -2.08. The third-order valence-electron chi connectivity index (χ3n) is 1.85. The van der Waals surface area contributed by atoms with Crippen molar-refractivity contribution in [2.24, 2.45) is 0 Å². The van der Waals surface area contributed by atoms with Crippen LogP contribution in [-0.2, 0) is 17.1 Å². The molecule has 0 radical (unpaired) electrons. The Balaban J connectivity index is 3.24. The van der Waals surface area contributed by atoms with Gasteiger partial charge in [0.25, 0.3) is 6.43 Å². The van der Waals surface area contributed by atoms with Crippen LogP contribution in [0, 0.1) is 5.95 Å². The summed E-state index contributed by atoms with van der Waals surface area (Å²) in [4.78, 5) is 13.5. The Hall–Kier alpha value is -1.30. The third kappa shape index (κ3) is 2.85. The summed E-state index contributed by atoms with van der Waals surface area (Å²) in [5.41, 5.74) is -1.17. The number of halogens is 4. The van der Waals surface area contributed by atoms with E-state index in [0.29, 0.717) is 0 Å². The number of hydrogen-bond donors (Lipinski definition) is 1. The highest BCUT2D eigenvalue weighted by Gasteiger charge is 2.20. The maximum Gasteiger partial charge on any atom is 0.307 e. The predicted molar refractivity (Wildman–Crippen MR) is 50.0 cm³/mol. The maximum absolute atomic E-state index is 13.1. The minimum atomic E-state index is -3.02. The Morgan fingerprint density at radius 2 is 2.12 bits per heavy atom. The van der Waals surface area contributed by atoms with Crippen LogP contribution in [0.4, 0.5) is 13.2 Å². The van der Waals surface area contributed by atoms with Gasteiger partial charge in [-0.15, -0.1) is 11.6 Å². The van der Waals surface area contributed by atoms with E-state index in [-0.39, 0.29) is 17.0 Å². The molecule has 0 aliphatic heterocycles. The average Bonchev–Trinajstić information content (AvgIpc) is 2.19. The average molecular weight is 254 g/mol. The van der Waals surface area contributed by atoms with E-state index < -0.39 is 30.5 Å². The molecule has 1 N–H and O–H groups in total. The van der Waals surface area contributed by atoms with Crippen molar-refractivity contribution in [2.45, 2.75) is 18.7 Å². The van der Waals surface area contributed by atoms with Crippen molar-refractivity contribution in [1.29, 1.82) is 0 Å². The Bertz CT molecular complexity index is 412. The first kappa shape index (κ1) is 12.8. The van der Waals surface area contributed by atoms with Crippen LogP contribution in [0.15, 0.2) is 6.07 Å². The number of carboxylic acid groups (broad SMARTS) is 1. The van der Waals surface area contributed by atoms with Crippen LogP contribution in [0.25, 0.3) is 0 Å². The van der Waals surface area contributed by atoms with Crippen molar-refractivity contribution >= 4 is 17.6 Å². The number of aliphatic carboxylic acids is 1. The Labute approximate surface area is 93.9 Å². The molecule has 0 saturated heterocycles. The zero-order valence-corrected chi connectivity index (χ0v) is 8.64. The van der Waals surface area contributed by atoms with E-state index in [4.69, 9.17) is 16.7 Å². The quantitative estimate of drug-likeness (QED) is 0.663. The summed E-state index contributed by atoms with van der Waals surface area (Å²) in [6.45, 7) is 0. The molecule has 0 fully saturated rings. The van der Waals surface area contributed by atoms with E-state index in [1.54, 1.807) is 0 Å². The second-order valence-electron chi connectivity index (χ2n) is 2.99. The van der Waals surface area contributed by atoms with Crippen LogP contribution >= 0.6 is 11.6 Å². The second-order valence-corrected chi connectivity index (χ2v) is 3.25. The van der Waals surface area contributed by atoms with Crippen LogP contribution < -0.4 is 0 Å². The van der Waals surface area contributed by atoms with E-state index in [2.05, 4.69) is 4.98 Å². The number of aromatic nitrogens is 1. The summed E-state index contributed by atoms with van der Waals surface area (Å²) < 4.78 is 37.9. The van der Waals surface area contributed by atoms with Crippen LogP contribution in [0.3, 0.4) is 0 Å². The van der Waals surface area contributed by atoms with Gasteiger partial charge >= 0.3 is 5.97 Å². The number of carboxylic acids is 1. The van der Waals surface area contributed by atoms with Gasteiger partial charge in [0.15, 0.2) is 0 Å². The molecule has 0 unspecified atom stereocenters. The van der Waals surface area contributed by atoms with Gasteiger partial charge in [-0.3, -0.25) is 4.79 Å². The highest BCUT2D eigenvalue weighted by Crippen LogP contribution is 2.24. The maximum atomic E-state index is 13.1. The summed E-state index contributed by atoms with van der Waals surface area (Å²) >= 11 is 5.36.